The fourth-order valence-corrected chi connectivity index (χ4v) is 1.96. The molecular formula is C12H21F3. The highest BCUT2D eigenvalue weighted by Gasteiger charge is 2.31. The van der Waals surface area contributed by atoms with E-state index >= 15 is 0 Å². The summed E-state index contributed by atoms with van der Waals surface area (Å²) in [5.74, 6) is 0. The second kappa shape index (κ2) is 4.18. The summed E-state index contributed by atoms with van der Waals surface area (Å²) in [5, 5.41) is 0. The van der Waals surface area contributed by atoms with Crippen molar-refractivity contribution in [2.45, 2.75) is 54.1 Å². The van der Waals surface area contributed by atoms with Gasteiger partial charge < -0.3 is 0 Å². The number of hydrogen-bond acceptors (Lipinski definition) is 0. The Balaban J connectivity index is 4.99. The minimum absolute atomic E-state index is 0.219. The van der Waals surface area contributed by atoms with Crippen molar-refractivity contribution < 1.29 is 13.2 Å². The van der Waals surface area contributed by atoms with E-state index in [0.29, 0.717) is 0 Å². The molecule has 90 valence electrons. The van der Waals surface area contributed by atoms with Gasteiger partial charge in [0.05, 0.1) is 6.42 Å². The smallest absolute Gasteiger partial charge is 0.171 e. The van der Waals surface area contributed by atoms with Crippen molar-refractivity contribution in [3.8, 4) is 0 Å². The lowest BCUT2D eigenvalue weighted by atomic mass is 9.71. The minimum atomic E-state index is -4.11. The van der Waals surface area contributed by atoms with Crippen LogP contribution in [0.2, 0.25) is 0 Å². The average Bonchev–Trinajstić information content (AvgIpc) is 1.75. The van der Waals surface area contributed by atoms with Gasteiger partial charge >= 0.3 is 6.18 Å². The quantitative estimate of drug-likeness (QED) is 0.550. The fourth-order valence-electron chi connectivity index (χ4n) is 1.96. The number of alkyl halides is 3. The summed E-state index contributed by atoms with van der Waals surface area (Å²) in [6.45, 7) is 11.7. The Labute approximate surface area is 90.6 Å². The Hall–Kier alpha value is -0.470. The molecule has 0 N–H and O–H groups in total. The van der Waals surface area contributed by atoms with Crippen molar-refractivity contribution >= 4 is 0 Å². The van der Waals surface area contributed by atoms with Crippen LogP contribution in [0.3, 0.4) is 0 Å². The van der Waals surface area contributed by atoms with E-state index in [1.54, 1.807) is 0 Å². The zero-order valence-corrected chi connectivity index (χ0v) is 10.4. The van der Waals surface area contributed by atoms with Crippen molar-refractivity contribution in [3.63, 3.8) is 0 Å². The molecule has 0 aromatic heterocycles. The lowest BCUT2D eigenvalue weighted by molar-refractivity contribution is -0.125. The van der Waals surface area contributed by atoms with E-state index in [1.165, 1.54) is 6.08 Å². The summed E-state index contributed by atoms with van der Waals surface area (Å²) in [4.78, 5) is 0. The van der Waals surface area contributed by atoms with Crippen molar-refractivity contribution in [2.24, 2.45) is 10.8 Å². The number of rotatable bonds is 1. The van der Waals surface area contributed by atoms with Crippen LogP contribution in [0.15, 0.2) is 11.6 Å². The largest absolute Gasteiger partial charge is 0.392 e. The topological polar surface area (TPSA) is 0 Å². The molecule has 0 fully saturated rings. The summed E-state index contributed by atoms with van der Waals surface area (Å²) in [6.07, 6.45) is -3.61. The second-order valence-electron chi connectivity index (χ2n) is 5.94. The third kappa shape index (κ3) is 5.85. The first kappa shape index (κ1) is 14.5. The Morgan fingerprint density at radius 3 is 1.40 bits per heavy atom. The van der Waals surface area contributed by atoms with Crippen molar-refractivity contribution in [1.29, 1.82) is 0 Å². The molecule has 15 heavy (non-hydrogen) atoms. The van der Waals surface area contributed by atoms with Crippen LogP contribution in [0.5, 0.6) is 0 Å². The summed E-state index contributed by atoms with van der Waals surface area (Å²) < 4.78 is 36.4. The molecule has 0 aliphatic carbocycles. The highest BCUT2D eigenvalue weighted by molar-refractivity contribution is 5.18. The molecule has 0 bridgehead atoms. The van der Waals surface area contributed by atoms with E-state index in [1.807, 2.05) is 41.5 Å². The van der Waals surface area contributed by atoms with Crippen LogP contribution in [0, 0.1) is 10.8 Å². The zero-order valence-electron chi connectivity index (χ0n) is 10.4. The maximum Gasteiger partial charge on any atom is 0.392 e. The number of halogens is 3. The van der Waals surface area contributed by atoms with Crippen molar-refractivity contribution in [1.82, 2.24) is 0 Å². The summed E-state index contributed by atoms with van der Waals surface area (Å²) in [7, 11) is 0. The number of hydrogen-bond donors (Lipinski definition) is 0. The standard InChI is InChI=1S/C12H21F3/c1-10(2,3)9(11(4,5)6)7-8-12(13,14)15/h7H,8H2,1-6H3. The van der Waals surface area contributed by atoms with E-state index in [-0.39, 0.29) is 10.8 Å². The molecule has 0 atom stereocenters. The van der Waals surface area contributed by atoms with Gasteiger partial charge in [0.1, 0.15) is 0 Å². The average molecular weight is 222 g/mol. The van der Waals surface area contributed by atoms with Crippen LogP contribution >= 0.6 is 0 Å². The first-order valence-electron chi connectivity index (χ1n) is 5.12. The maximum atomic E-state index is 12.1. The Kier molecular flexibility index (Phi) is 4.05. The van der Waals surface area contributed by atoms with E-state index < -0.39 is 12.6 Å². The molecule has 0 aromatic carbocycles. The molecule has 0 aliphatic heterocycles. The molecule has 0 unspecified atom stereocenters. The third-order valence-corrected chi connectivity index (χ3v) is 2.15. The van der Waals surface area contributed by atoms with Gasteiger partial charge in [-0.05, 0) is 10.8 Å². The predicted octanol–water partition coefficient (Wildman–Crippen LogP) is 4.96. The van der Waals surface area contributed by atoms with Gasteiger partial charge in [-0.1, -0.05) is 53.2 Å². The van der Waals surface area contributed by atoms with Crippen molar-refractivity contribution in [2.75, 3.05) is 0 Å². The Morgan fingerprint density at radius 1 is 0.867 bits per heavy atom. The lowest BCUT2D eigenvalue weighted by Gasteiger charge is -2.34. The van der Waals surface area contributed by atoms with Crippen LogP contribution in [0.1, 0.15) is 48.0 Å². The predicted molar refractivity (Wildman–Crippen MR) is 57.7 cm³/mol. The molecule has 0 heterocycles. The summed E-state index contributed by atoms with van der Waals surface area (Å²) in [6, 6.07) is 0. The van der Waals surface area contributed by atoms with Gasteiger partial charge in [0, 0.05) is 0 Å². The monoisotopic (exact) mass is 222 g/mol. The second-order valence-corrected chi connectivity index (χ2v) is 5.94. The highest BCUT2D eigenvalue weighted by atomic mass is 19.4. The van der Waals surface area contributed by atoms with Gasteiger partial charge in [-0.3, -0.25) is 0 Å². The van der Waals surface area contributed by atoms with Gasteiger partial charge in [-0.25, -0.2) is 0 Å². The van der Waals surface area contributed by atoms with Crippen LogP contribution < -0.4 is 0 Å². The summed E-state index contributed by atoms with van der Waals surface area (Å²) in [5.41, 5.74) is 0.417. The van der Waals surface area contributed by atoms with Crippen LogP contribution in [0.25, 0.3) is 0 Å². The number of allylic oxidation sites excluding steroid dienone is 2. The molecule has 0 radical (unpaired) electrons. The Bertz CT molecular complexity index is 217. The van der Waals surface area contributed by atoms with Gasteiger partial charge in [-0.2, -0.15) is 13.2 Å². The molecular weight excluding hydrogens is 201 g/mol. The lowest BCUT2D eigenvalue weighted by Crippen LogP contribution is -2.23. The molecule has 3 heteroatoms. The molecule has 0 nitrogen and oxygen atoms in total. The van der Waals surface area contributed by atoms with Gasteiger partial charge in [0.2, 0.25) is 0 Å². The fraction of sp³-hybridized carbons (Fsp3) is 0.833. The molecule has 0 amide bonds. The molecule has 0 aromatic rings. The van der Waals surface area contributed by atoms with Gasteiger partial charge in [0.15, 0.2) is 0 Å². The van der Waals surface area contributed by atoms with Crippen LogP contribution in [-0.2, 0) is 0 Å². The SMILES string of the molecule is CC(C)(C)C(=CCC(F)(F)F)C(C)(C)C. The zero-order chi connectivity index (χ0) is 12.5. The van der Waals surface area contributed by atoms with E-state index in [4.69, 9.17) is 0 Å². The molecule has 0 saturated carbocycles. The van der Waals surface area contributed by atoms with Crippen molar-refractivity contribution in [3.05, 3.63) is 11.6 Å². The minimum Gasteiger partial charge on any atom is -0.171 e. The molecule has 0 aliphatic rings. The molecule has 0 spiro atoms. The Morgan fingerprint density at radius 2 is 1.20 bits per heavy atom. The highest BCUT2D eigenvalue weighted by Crippen LogP contribution is 2.40. The van der Waals surface area contributed by atoms with Crippen LogP contribution in [-0.4, -0.2) is 6.18 Å². The maximum absolute atomic E-state index is 12.1. The van der Waals surface area contributed by atoms with E-state index in [2.05, 4.69) is 0 Å². The first-order chi connectivity index (χ1) is 6.34. The van der Waals surface area contributed by atoms with Crippen LogP contribution in [0.4, 0.5) is 13.2 Å². The summed E-state index contributed by atoms with van der Waals surface area (Å²) >= 11 is 0. The normalized spacial score (nSPS) is 13.9. The molecule has 0 saturated heterocycles. The van der Waals surface area contributed by atoms with Gasteiger partial charge in [0.25, 0.3) is 0 Å². The van der Waals surface area contributed by atoms with E-state index in [0.717, 1.165) is 5.57 Å². The first-order valence-corrected chi connectivity index (χ1v) is 5.12. The molecule has 0 rings (SSSR count). The third-order valence-electron chi connectivity index (χ3n) is 2.15. The van der Waals surface area contributed by atoms with E-state index in [9.17, 15) is 13.2 Å². The van der Waals surface area contributed by atoms with Gasteiger partial charge in [-0.15, -0.1) is 0 Å².